The van der Waals surface area contributed by atoms with Gasteiger partial charge in [-0.1, -0.05) is 6.07 Å². The third-order valence-corrected chi connectivity index (χ3v) is 2.67. The van der Waals surface area contributed by atoms with Gasteiger partial charge in [-0.2, -0.15) is 0 Å². The summed E-state index contributed by atoms with van der Waals surface area (Å²) in [5, 5.41) is 5.73. The summed E-state index contributed by atoms with van der Waals surface area (Å²) in [6.45, 7) is 2.32. The molecule has 0 unspecified atom stereocenters. The molecule has 0 fully saturated rings. The molecule has 2 heterocycles. The van der Waals surface area contributed by atoms with E-state index in [0.717, 1.165) is 11.4 Å². The Kier molecular flexibility index (Phi) is 4.07. The van der Waals surface area contributed by atoms with Crippen molar-refractivity contribution in [3.8, 4) is 0 Å². The Labute approximate surface area is 112 Å². The van der Waals surface area contributed by atoms with Crippen molar-refractivity contribution in [1.29, 1.82) is 0 Å². The third kappa shape index (κ3) is 3.28. The molecule has 5 heteroatoms. The summed E-state index contributed by atoms with van der Waals surface area (Å²) in [5.41, 5.74) is 2.30. The lowest BCUT2D eigenvalue weighted by molar-refractivity contribution is 0.0951. The van der Waals surface area contributed by atoms with Crippen LogP contribution in [0, 0.1) is 6.92 Å². The van der Waals surface area contributed by atoms with Crippen LogP contribution in [0.15, 0.2) is 36.5 Å². The fraction of sp³-hybridized carbons (Fsp3) is 0.214. The van der Waals surface area contributed by atoms with E-state index in [4.69, 9.17) is 0 Å². The third-order valence-electron chi connectivity index (χ3n) is 2.67. The lowest BCUT2D eigenvalue weighted by Crippen LogP contribution is -2.24. The summed E-state index contributed by atoms with van der Waals surface area (Å²) in [6.07, 6.45) is 1.64. The summed E-state index contributed by atoms with van der Waals surface area (Å²) < 4.78 is 0. The zero-order valence-electron chi connectivity index (χ0n) is 11.0. The van der Waals surface area contributed by atoms with Crippen LogP contribution in [0.5, 0.6) is 0 Å². The maximum Gasteiger partial charge on any atom is 0.255 e. The van der Waals surface area contributed by atoms with Gasteiger partial charge in [-0.15, -0.1) is 0 Å². The lowest BCUT2D eigenvalue weighted by atomic mass is 10.2. The van der Waals surface area contributed by atoms with Crippen molar-refractivity contribution >= 4 is 11.7 Å². The highest BCUT2D eigenvalue weighted by Crippen LogP contribution is 2.10. The van der Waals surface area contributed by atoms with E-state index in [-0.39, 0.29) is 5.91 Å². The number of hydrogen-bond acceptors (Lipinski definition) is 4. The van der Waals surface area contributed by atoms with Gasteiger partial charge in [-0.25, -0.2) is 4.98 Å². The van der Waals surface area contributed by atoms with E-state index in [2.05, 4.69) is 20.6 Å². The molecule has 1 amide bonds. The number of rotatable bonds is 4. The minimum absolute atomic E-state index is 0.166. The minimum Gasteiger partial charge on any atom is -0.372 e. The highest BCUT2D eigenvalue weighted by atomic mass is 16.1. The Morgan fingerprint density at radius 1 is 1.26 bits per heavy atom. The molecule has 2 rings (SSSR count). The zero-order valence-corrected chi connectivity index (χ0v) is 11.0. The van der Waals surface area contributed by atoms with Gasteiger partial charge in [0.05, 0.1) is 17.8 Å². The Bertz CT molecular complexity index is 583. The molecule has 0 aliphatic heterocycles. The Balaban J connectivity index is 2.05. The van der Waals surface area contributed by atoms with Crippen LogP contribution in [0.2, 0.25) is 0 Å². The zero-order chi connectivity index (χ0) is 13.7. The molecular weight excluding hydrogens is 240 g/mol. The van der Waals surface area contributed by atoms with Crippen LogP contribution in [0.3, 0.4) is 0 Å². The molecule has 0 aliphatic rings. The van der Waals surface area contributed by atoms with Gasteiger partial charge >= 0.3 is 0 Å². The second-order valence-electron chi connectivity index (χ2n) is 4.10. The van der Waals surface area contributed by atoms with Crippen LogP contribution < -0.4 is 10.6 Å². The van der Waals surface area contributed by atoms with Crippen molar-refractivity contribution in [1.82, 2.24) is 15.3 Å². The van der Waals surface area contributed by atoms with Crippen LogP contribution in [0.4, 0.5) is 5.82 Å². The average Bonchev–Trinajstić information content (AvgIpc) is 2.45. The van der Waals surface area contributed by atoms with Crippen molar-refractivity contribution < 1.29 is 4.79 Å². The Hall–Kier alpha value is -2.43. The molecule has 98 valence electrons. The molecule has 2 aromatic heterocycles. The van der Waals surface area contributed by atoms with Gasteiger partial charge in [0, 0.05) is 18.9 Å². The van der Waals surface area contributed by atoms with Crippen LogP contribution in [-0.2, 0) is 6.54 Å². The standard InChI is InChI=1S/C14H16N4O/c1-10-5-3-6-11(18-10)9-17-14(19)12-7-4-8-16-13(12)15-2/h3-8H,9H2,1-2H3,(H,15,16)(H,17,19). The van der Waals surface area contributed by atoms with Gasteiger partial charge in [0.1, 0.15) is 5.82 Å². The first kappa shape index (κ1) is 13.0. The quantitative estimate of drug-likeness (QED) is 0.874. The first-order valence-corrected chi connectivity index (χ1v) is 6.04. The van der Waals surface area contributed by atoms with Crippen molar-refractivity contribution in [2.45, 2.75) is 13.5 Å². The van der Waals surface area contributed by atoms with E-state index in [1.165, 1.54) is 0 Å². The van der Waals surface area contributed by atoms with E-state index >= 15 is 0 Å². The Morgan fingerprint density at radius 3 is 2.84 bits per heavy atom. The van der Waals surface area contributed by atoms with E-state index < -0.39 is 0 Å². The molecule has 0 atom stereocenters. The molecule has 0 aromatic carbocycles. The summed E-state index contributed by atoms with van der Waals surface area (Å²) in [6, 6.07) is 9.20. The number of hydrogen-bond donors (Lipinski definition) is 2. The number of carbonyl (C=O) groups excluding carboxylic acids is 1. The fourth-order valence-corrected chi connectivity index (χ4v) is 1.75. The lowest BCUT2D eigenvalue weighted by Gasteiger charge is -2.08. The number of amides is 1. The number of carbonyl (C=O) groups is 1. The van der Waals surface area contributed by atoms with Gasteiger partial charge in [0.2, 0.25) is 0 Å². The van der Waals surface area contributed by atoms with Crippen molar-refractivity contribution in [2.75, 3.05) is 12.4 Å². The van der Waals surface area contributed by atoms with E-state index in [1.807, 2.05) is 25.1 Å². The maximum absolute atomic E-state index is 12.1. The number of nitrogens with zero attached hydrogens (tertiary/aromatic N) is 2. The van der Waals surface area contributed by atoms with Gasteiger partial charge in [0.25, 0.3) is 5.91 Å². The molecular formula is C14H16N4O. The van der Waals surface area contributed by atoms with Crippen molar-refractivity contribution in [2.24, 2.45) is 0 Å². The largest absolute Gasteiger partial charge is 0.372 e. The summed E-state index contributed by atoms with van der Waals surface area (Å²) in [4.78, 5) is 20.5. The monoisotopic (exact) mass is 256 g/mol. The number of pyridine rings is 2. The second kappa shape index (κ2) is 5.95. The SMILES string of the molecule is CNc1ncccc1C(=O)NCc1cccc(C)n1. The molecule has 19 heavy (non-hydrogen) atoms. The molecule has 0 aliphatic carbocycles. The first-order chi connectivity index (χ1) is 9.20. The predicted octanol–water partition coefficient (Wildman–Crippen LogP) is 1.76. The van der Waals surface area contributed by atoms with Crippen LogP contribution in [-0.4, -0.2) is 22.9 Å². The molecule has 0 saturated carbocycles. The van der Waals surface area contributed by atoms with Gasteiger partial charge < -0.3 is 10.6 Å². The fourth-order valence-electron chi connectivity index (χ4n) is 1.75. The number of nitrogens with one attached hydrogen (secondary N) is 2. The number of anilines is 1. The number of aromatic nitrogens is 2. The highest BCUT2D eigenvalue weighted by molar-refractivity contribution is 5.98. The van der Waals surface area contributed by atoms with E-state index in [9.17, 15) is 4.79 Å². The average molecular weight is 256 g/mol. The molecule has 5 nitrogen and oxygen atoms in total. The maximum atomic E-state index is 12.1. The van der Waals surface area contributed by atoms with Gasteiger partial charge in [-0.05, 0) is 31.2 Å². The van der Waals surface area contributed by atoms with Crippen LogP contribution >= 0.6 is 0 Å². The molecule has 0 bridgehead atoms. The van der Waals surface area contributed by atoms with Gasteiger partial charge in [-0.3, -0.25) is 9.78 Å². The molecule has 2 N–H and O–H groups in total. The van der Waals surface area contributed by atoms with E-state index in [0.29, 0.717) is 17.9 Å². The molecule has 2 aromatic rings. The van der Waals surface area contributed by atoms with E-state index in [1.54, 1.807) is 25.4 Å². The van der Waals surface area contributed by atoms with Crippen LogP contribution in [0.1, 0.15) is 21.7 Å². The smallest absolute Gasteiger partial charge is 0.255 e. The van der Waals surface area contributed by atoms with Crippen molar-refractivity contribution in [3.63, 3.8) is 0 Å². The van der Waals surface area contributed by atoms with Gasteiger partial charge in [0.15, 0.2) is 0 Å². The topological polar surface area (TPSA) is 66.9 Å². The summed E-state index contributed by atoms with van der Waals surface area (Å²) >= 11 is 0. The first-order valence-electron chi connectivity index (χ1n) is 6.04. The normalized spacial score (nSPS) is 10.0. The predicted molar refractivity (Wildman–Crippen MR) is 73.9 cm³/mol. The molecule has 0 radical (unpaired) electrons. The summed E-state index contributed by atoms with van der Waals surface area (Å²) in [5.74, 6) is 0.401. The van der Waals surface area contributed by atoms with Crippen molar-refractivity contribution in [3.05, 3.63) is 53.5 Å². The minimum atomic E-state index is -0.166. The molecule has 0 spiro atoms. The second-order valence-corrected chi connectivity index (χ2v) is 4.10. The Morgan fingerprint density at radius 2 is 2.11 bits per heavy atom. The number of aryl methyl sites for hydroxylation is 1. The van der Waals surface area contributed by atoms with Crippen LogP contribution in [0.25, 0.3) is 0 Å². The molecule has 0 saturated heterocycles. The highest BCUT2D eigenvalue weighted by Gasteiger charge is 2.10. The summed E-state index contributed by atoms with van der Waals surface area (Å²) in [7, 11) is 1.74.